The molecule has 0 spiro atoms. The molecule has 1 aliphatic rings. The summed E-state index contributed by atoms with van der Waals surface area (Å²) in [5.74, 6) is -0.182. The number of anilines is 1. The standard InChI is InChI=1S/C17H20ClN3O4S/c1-10-6-7-14(13(18)9-10)19-17(22)15-5-4-8-21(15)26(23,24)16-11(2)20-25-12(16)3/h6-7,9,15H,4-5,8H2,1-3H3,(H,19,22)/t15-/m1/s1. The van der Waals surface area contributed by atoms with E-state index in [1.165, 1.54) is 4.31 Å². The average Bonchev–Trinajstić information content (AvgIpc) is 3.17. The summed E-state index contributed by atoms with van der Waals surface area (Å²) in [6.45, 7) is 5.28. The number of hydrogen-bond acceptors (Lipinski definition) is 5. The predicted molar refractivity (Wildman–Crippen MR) is 97.7 cm³/mol. The minimum atomic E-state index is -3.88. The topological polar surface area (TPSA) is 92.5 Å². The maximum absolute atomic E-state index is 13.0. The van der Waals surface area contributed by atoms with E-state index < -0.39 is 22.0 Å². The number of halogens is 1. The van der Waals surface area contributed by atoms with Crippen LogP contribution in [0.1, 0.15) is 29.9 Å². The molecule has 26 heavy (non-hydrogen) atoms. The van der Waals surface area contributed by atoms with Gasteiger partial charge in [0.25, 0.3) is 0 Å². The molecule has 1 amide bonds. The van der Waals surface area contributed by atoms with Gasteiger partial charge in [-0.15, -0.1) is 0 Å². The van der Waals surface area contributed by atoms with Crippen molar-refractivity contribution in [1.29, 1.82) is 0 Å². The molecule has 0 unspecified atom stereocenters. The van der Waals surface area contributed by atoms with Gasteiger partial charge >= 0.3 is 0 Å². The van der Waals surface area contributed by atoms with Gasteiger partial charge in [-0.3, -0.25) is 4.79 Å². The van der Waals surface area contributed by atoms with Gasteiger partial charge in [0.15, 0.2) is 5.76 Å². The van der Waals surface area contributed by atoms with Crippen molar-refractivity contribution in [2.24, 2.45) is 0 Å². The summed E-state index contributed by atoms with van der Waals surface area (Å²) in [6, 6.07) is 4.47. The van der Waals surface area contributed by atoms with Gasteiger partial charge < -0.3 is 9.84 Å². The summed E-state index contributed by atoms with van der Waals surface area (Å²) in [7, 11) is -3.88. The lowest BCUT2D eigenvalue weighted by Gasteiger charge is -2.23. The lowest BCUT2D eigenvalue weighted by atomic mass is 10.2. The number of carbonyl (C=O) groups is 1. The van der Waals surface area contributed by atoms with E-state index in [0.717, 1.165) is 5.56 Å². The zero-order chi connectivity index (χ0) is 19.1. The molecular formula is C17H20ClN3O4S. The Morgan fingerprint density at radius 3 is 2.69 bits per heavy atom. The Morgan fingerprint density at radius 1 is 1.35 bits per heavy atom. The average molecular weight is 398 g/mol. The Bertz CT molecular complexity index is 935. The third-order valence-electron chi connectivity index (χ3n) is 4.42. The number of nitrogens with one attached hydrogen (secondary N) is 1. The third kappa shape index (κ3) is 3.36. The minimum absolute atomic E-state index is 0.0329. The van der Waals surface area contributed by atoms with Crippen molar-refractivity contribution >= 4 is 33.2 Å². The van der Waals surface area contributed by atoms with Crippen molar-refractivity contribution < 1.29 is 17.7 Å². The molecule has 1 aliphatic heterocycles. The summed E-state index contributed by atoms with van der Waals surface area (Å²) < 4.78 is 32.3. The first-order chi connectivity index (χ1) is 12.2. The van der Waals surface area contributed by atoms with Crippen LogP contribution in [0.4, 0.5) is 5.69 Å². The Balaban J connectivity index is 1.87. The van der Waals surface area contributed by atoms with E-state index in [4.69, 9.17) is 16.1 Å². The third-order valence-corrected chi connectivity index (χ3v) is 6.89. The van der Waals surface area contributed by atoms with Crippen LogP contribution in [0, 0.1) is 20.8 Å². The van der Waals surface area contributed by atoms with Crippen molar-refractivity contribution in [2.75, 3.05) is 11.9 Å². The predicted octanol–water partition coefficient (Wildman–Crippen LogP) is 3.05. The van der Waals surface area contributed by atoms with E-state index in [2.05, 4.69) is 10.5 Å². The minimum Gasteiger partial charge on any atom is -0.360 e. The van der Waals surface area contributed by atoms with E-state index in [-0.39, 0.29) is 22.9 Å². The lowest BCUT2D eigenvalue weighted by molar-refractivity contribution is -0.119. The summed E-state index contributed by atoms with van der Waals surface area (Å²) in [5.41, 5.74) is 1.72. The Morgan fingerprint density at radius 2 is 2.08 bits per heavy atom. The Labute approximate surface area is 157 Å². The first-order valence-corrected chi connectivity index (χ1v) is 10.1. The smallest absolute Gasteiger partial charge is 0.249 e. The molecule has 7 nitrogen and oxygen atoms in total. The molecular weight excluding hydrogens is 378 g/mol. The number of carbonyl (C=O) groups excluding carboxylic acids is 1. The second kappa shape index (κ2) is 7.02. The lowest BCUT2D eigenvalue weighted by Crippen LogP contribution is -2.43. The monoisotopic (exact) mass is 397 g/mol. The summed E-state index contributed by atoms with van der Waals surface area (Å²) in [6.07, 6.45) is 1.04. The molecule has 1 atom stereocenters. The fourth-order valence-electron chi connectivity index (χ4n) is 3.19. The SMILES string of the molecule is Cc1ccc(NC(=O)[C@H]2CCCN2S(=O)(=O)c2c(C)noc2C)c(Cl)c1. The van der Waals surface area contributed by atoms with Gasteiger partial charge in [0.05, 0.1) is 10.7 Å². The van der Waals surface area contributed by atoms with Crippen LogP contribution in [-0.2, 0) is 14.8 Å². The van der Waals surface area contributed by atoms with Crippen molar-refractivity contribution in [3.05, 3.63) is 40.2 Å². The van der Waals surface area contributed by atoms with Gasteiger partial charge in [-0.1, -0.05) is 22.8 Å². The van der Waals surface area contributed by atoms with Crippen molar-refractivity contribution in [2.45, 2.75) is 44.6 Å². The summed E-state index contributed by atoms with van der Waals surface area (Å²) in [5, 5.41) is 6.87. The Hall–Kier alpha value is -1.90. The number of benzene rings is 1. The molecule has 140 valence electrons. The van der Waals surface area contributed by atoms with Crippen LogP contribution in [0.3, 0.4) is 0 Å². The van der Waals surface area contributed by atoms with Crippen LogP contribution in [-0.4, -0.2) is 36.4 Å². The quantitative estimate of drug-likeness (QED) is 0.855. The van der Waals surface area contributed by atoms with Crippen LogP contribution >= 0.6 is 11.6 Å². The fraction of sp³-hybridized carbons (Fsp3) is 0.412. The van der Waals surface area contributed by atoms with Gasteiger partial charge in [-0.05, 0) is 51.3 Å². The number of nitrogens with zero attached hydrogens (tertiary/aromatic N) is 2. The molecule has 0 bridgehead atoms. The second-order valence-electron chi connectivity index (χ2n) is 6.40. The summed E-state index contributed by atoms with van der Waals surface area (Å²) >= 11 is 6.16. The van der Waals surface area contributed by atoms with Crippen LogP contribution in [0.25, 0.3) is 0 Å². The van der Waals surface area contributed by atoms with Crippen molar-refractivity contribution in [1.82, 2.24) is 9.46 Å². The molecule has 1 saturated heterocycles. The van der Waals surface area contributed by atoms with E-state index in [0.29, 0.717) is 23.6 Å². The first kappa shape index (κ1) is 18.9. The molecule has 1 fully saturated rings. The van der Waals surface area contributed by atoms with E-state index >= 15 is 0 Å². The second-order valence-corrected chi connectivity index (χ2v) is 8.63. The fourth-order valence-corrected chi connectivity index (χ4v) is 5.42. The molecule has 1 aromatic carbocycles. The molecule has 2 aromatic rings. The highest BCUT2D eigenvalue weighted by Gasteiger charge is 2.42. The zero-order valence-electron chi connectivity index (χ0n) is 14.7. The van der Waals surface area contributed by atoms with Gasteiger partial charge in [0.1, 0.15) is 16.6 Å². The van der Waals surface area contributed by atoms with Crippen LogP contribution in [0.5, 0.6) is 0 Å². The van der Waals surface area contributed by atoms with E-state index in [9.17, 15) is 13.2 Å². The molecule has 1 aromatic heterocycles. The number of sulfonamides is 1. The highest BCUT2D eigenvalue weighted by molar-refractivity contribution is 7.89. The number of amides is 1. The molecule has 0 aliphatic carbocycles. The highest BCUT2D eigenvalue weighted by atomic mass is 35.5. The number of aryl methyl sites for hydroxylation is 3. The molecule has 0 saturated carbocycles. The number of hydrogen-bond donors (Lipinski definition) is 1. The van der Waals surface area contributed by atoms with Gasteiger partial charge in [-0.25, -0.2) is 8.42 Å². The highest BCUT2D eigenvalue weighted by Crippen LogP contribution is 2.31. The largest absolute Gasteiger partial charge is 0.360 e. The first-order valence-electron chi connectivity index (χ1n) is 8.23. The van der Waals surface area contributed by atoms with Crippen LogP contribution < -0.4 is 5.32 Å². The van der Waals surface area contributed by atoms with Gasteiger partial charge in [0, 0.05) is 6.54 Å². The summed E-state index contributed by atoms with van der Waals surface area (Å²) in [4.78, 5) is 12.8. The van der Waals surface area contributed by atoms with Crippen LogP contribution in [0.2, 0.25) is 5.02 Å². The normalized spacial score (nSPS) is 18.2. The van der Waals surface area contributed by atoms with Gasteiger partial charge in [0.2, 0.25) is 15.9 Å². The maximum Gasteiger partial charge on any atom is 0.249 e. The molecule has 9 heteroatoms. The van der Waals surface area contributed by atoms with E-state index in [1.807, 2.05) is 13.0 Å². The van der Waals surface area contributed by atoms with Crippen LogP contribution in [0.15, 0.2) is 27.6 Å². The van der Waals surface area contributed by atoms with Crippen molar-refractivity contribution in [3.63, 3.8) is 0 Å². The number of aromatic nitrogens is 1. The van der Waals surface area contributed by atoms with E-state index in [1.54, 1.807) is 26.0 Å². The molecule has 3 rings (SSSR count). The van der Waals surface area contributed by atoms with Gasteiger partial charge in [-0.2, -0.15) is 4.31 Å². The Kier molecular flexibility index (Phi) is 5.09. The zero-order valence-corrected chi connectivity index (χ0v) is 16.3. The molecule has 1 N–H and O–H groups in total. The van der Waals surface area contributed by atoms with Crippen molar-refractivity contribution in [3.8, 4) is 0 Å². The molecule has 0 radical (unpaired) electrons. The maximum atomic E-state index is 13.0. The molecule has 2 heterocycles. The number of rotatable bonds is 4.